The Morgan fingerprint density at radius 1 is 1.54 bits per heavy atom. The number of halogens is 1. The zero-order chi connectivity index (χ0) is 9.26. The Morgan fingerprint density at radius 3 is 3.15 bits per heavy atom. The topological polar surface area (TPSA) is 35.8 Å². The fraction of sp³-hybridized carbons (Fsp3) is 0.300. The predicted molar refractivity (Wildman–Crippen MR) is 54.2 cm³/mol. The normalized spacial score (nSPS) is 20.5. The monoisotopic (exact) mass is 236 g/mol. The Labute approximate surface area is 85.7 Å². The molecule has 1 heterocycles. The van der Waals surface area contributed by atoms with E-state index in [1.54, 1.807) is 0 Å². The number of fused-ring (bicyclic) bond motifs is 1. The van der Waals surface area contributed by atoms with Crippen molar-refractivity contribution in [1.82, 2.24) is 5.32 Å². The zero-order valence-electron chi connectivity index (χ0n) is 7.05. The molecule has 0 aliphatic carbocycles. The Kier molecular flexibility index (Phi) is 2.34. The Morgan fingerprint density at radius 2 is 2.38 bits per heavy atom. The van der Waals surface area contributed by atoms with Crippen molar-refractivity contribution in [3.63, 3.8) is 0 Å². The van der Waals surface area contributed by atoms with Crippen LogP contribution in [0.5, 0.6) is 0 Å². The highest BCUT2D eigenvalue weighted by Gasteiger charge is 2.18. The summed E-state index contributed by atoms with van der Waals surface area (Å²) in [5.41, 5.74) is 2.40. The van der Waals surface area contributed by atoms with Gasteiger partial charge in [0.05, 0.1) is 12.0 Å². The summed E-state index contributed by atoms with van der Waals surface area (Å²) in [5.74, 6) is 0.00116. The average molecular weight is 237 g/mol. The van der Waals surface area contributed by atoms with Crippen LogP contribution in [0, 0.1) is 11.3 Å². The molecule has 0 saturated heterocycles. The van der Waals surface area contributed by atoms with E-state index < -0.39 is 0 Å². The first-order chi connectivity index (χ1) is 6.31. The summed E-state index contributed by atoms with van der Waals surface area (Å²) in [6.07, 6.45) is 0. The first kappa shape index (κ1) is 8.74. The molecule has 1 aliphatic heterocycles. The Balaban J connectivity index is 2.49. The Hall–Kier alpha value is -0.850. The Bertz CT molecular complexity index is 368. The highest BCUT2D eigenvalue weighted by atomic mass is 79.9. The minimum atomic E-state index is 0.00116. The van der Waals surface area contributed by atoms with Gasteiger partial charge in [-0.05, 0) is 23.3 Å². The van der Waals surface area contributed by atoms with Gasteiger partial charge in [-0.3, -0.25) is 0 Å². The van der Waals surface area contributed by atoms with Crippen molar-refractivity contribution in [2.45, 2.75) is 12.5 Å². The van der Waals surface area contributed by atoms with Crippen LogP contribution in [-0.4, -0.2) is 6.54 Å². The molecule has 1 atom stereocenters. The zero-order valence-corrected chi connectivity index (χ0v) is 8.63. The maximum absolute atomic E-state index is 8.92. The molecule has 1 N–H and O–H groups in total. The van der Waals surface area contributed by atoms with E-state index in [1.165, 1.54) is 5.56 Å². The number of nitrogens with zero attached hydrogens (tertiary/aromatic N) is 1. The maximum atomic E-state index is 8.92. The van der Waals surface area contributed by atoms with Gasteiger partial charge in [-0.15, -0.1) is 0 Å². The second-order valence-electron chi connectivity index (χ2n) is 3.16. The lowest BCUT2D eigenvalue weighted by Gasteiger charge is -2.21. The quantitative estimate of drug-likeness (QED) is 0.750. The molecule has 1 aliphatic rings. The van der Waals surface area contributed by atoms with Crippen LogP contribution in [0.2, 0.25) is 0 Å². The van der Waals surface area contributed by atoms with Crippen LogP contribution in [0.3, 0.4) is 0 Å². The smallest absolute Gasteiger partial charge is 0.0840 e. The first-order valence-corrected chi connectivity index (χ1v) is 4.99. The van der Waals surface area contributed by atoms with Gasteiger partial charge in [-0.1, -0.05) is 22.0 Å². The maximum Gasteiger partial charge on any atom is 0.0840 e. The molecule has 0 saturated carbocycles. The fourth-order valence-corrected chi connectivity index (χ4v) is 2.01. The van der Waals surface area contributed by atoms with Crippen molar-refractivity contribution in [1.29, 1.82) is 5.26 Å². The third-order valence-corrected chi connectivity index (χ3v) is 2.80. The predicted octanol–water partition coefficient (Wildman–Crippen LogP) is 2.16. The van der Waals surface area contributed by atoms with E-state index in [1.807, 2.05) is 12.1 Å². The highest BCUT2D eigenvalue weighted by molar-refractivity contribution is 9.10. The second-order valence-corrected chi connectivity index (χ2v) is 4.07. The molecular formula is C10H9BrN2. The molecule has 0 aromatic heterocycles. The van der Waals surface area contributed by atoms with Crippen molar-refractivity contribution >= 4 is 15.9 Å². The van der Waals surface area contributed by atoms with Crippen LogP contribution in [0.4, 0.5) is 0 Å². The largest absolute Gasteiger partial charge is 0.311 e. The molecule has 0 bridgehead atoms. The molecule has 0 fully saturated rings. The van der Waals surface area contributed by atoms with Crippen LogP contribution >= 0.6 is 15.9 Å². The van der Waals surface area contributed by atoms with Crippen LogP contribution in [-0.2, 0) is 6.54 Å². The second kappa shape index (κ2) is 3.49. The molecule has 0 radical (unpaired) electrons. The van der Waals surface area contributed by atoms with Gasteiger partial charge in [0.2, 0.25) is 0 Å². The van der Waals surface area contributed by atoms with Gasteiger partial charge in [0.25, 0.3) is 0 Å². The number of nitrogens with one attached hydrogen (secondary N) is 1. The molecule has 0 amide bonds. The summed E-state index contributed by atoms with van der Waals surface area (Å²) in [6, 6.07) is 8.43. The van der Waals surface area contributed by atoms with E-state index >= 15 is 0 Å². The standard InChI is InChI=1S/C10H9BrN2/c11-9-2-1-7-5-13-6-8(4-12)10(7)3-9/h1-3,8,13H,5-6H2. The summed E-state index contributed by atoms with van der Waals surface area (Å²) in [7, 11) is 0. The van der Waals surface area contributed by atoms with Gasteiger partial charge < -0.3 is 5.32 Å². The molecule has 1 aromatic rings. The van der Waals surface area contributed by atoms with E-state index in [0.717, 1.165) is 23.1 Å². The molecule has 2 rings (SSSR count). The molecule has 1 aromatic carbocycles. The minimum absolute atomic E-state index is 0.00116. The van der Waals surface area contributed by atoms with Crippen LogP contribution in [0.25, 0.3) is 0 Å². The van der Waals surface area contributed by atoms with Crippen LogP contribution in [0.1, 0.15) is 17.0 Å². The van der Waals surface area contributed by atoms with Gasteiger partial charge in [0.15, 0.2) is 0 Å². The summed E-state index contributed by atoms with van der Waals surface area (Å²) in [4.78, 5) is 0. The van der Waals surface area contributed by atoms with Crippen molar-refractivity contribution in [3.8, 4) is 6.07 Å². The van der Waals surface area contributed by atoms with E-state index in [-0.39, 0.29) is 5.92 Å². The SMILES string of the molecule is N#CC1CNCc2ccc(Br)cc21. The summed E-state index contributed by atoms with van der Waals surface area (Å²) in [6.45, 7) is 1.64. The number of hydrogen-bond donors (Lipinski definition) is 1. The van der Waals surface area contributed by atoms with Gasteiger partial charge in [0.1, 0.15) is 0 Å². The molecule has 3 heteroatoms. The molecule has 13 heavy (non-hydrogen) atoms. The first-order valence-electron chi connectivity index (χ1n) is 4.20. The van der Waals surface area contributed by atoms with Gasteiger partial charge in [-0.2, -0.15) is 5.26 Å². The lowest BCUT2D eigenvalue weighted by molar-refractivity contribution is 0.607. The van der Waals surface area contributed by atoms with E-state index in [2.05, 4.69) is 33.4 Å². The third kappa shape index (κ3) is 1.60. The number of hydrogen-bond acceptors (Lipinski definition) is 2. The molecular weight excluding hydrogens is 228 g/mol. The van der Waals surface area contributed by atoms with Crippen molar-refractivity contribution in [3.05, 3.63) is 33.8 Å². The van der Waals surface area contributed by atoms with Gasteiger partial charge in [-0.25, -0.2) is 0 Å². The van der Waals surface area contributed by atoms with Crippen LogP contribution < -0.4 is 5.32 Å². The van der Waals surface area contributed by atoms with E-state index in [4.69, 9.17) is 5.26 Å². The average Bonchev–Trinajstić information content (AvgIpc) is 2.17. The number of nitriles is 1. The summed E-state index contributed by atoms with van der Waals surface area (Å²) < 4.78 is 1.05. The lowest BCUT2D eigenvalue weighted by Crippen LogP contribution is -2.27. The molecule has 66 valence electrons. The molecule has 1 unspecified atom stereocenters. The summed E-state index contributed by atoms with van der Waals surface area (Å²) >= 11 is 3.42. The van der Waals surface area contributed by atoms with Crippen LogP contribution in [0.15, 0.2) is 22.7 Å². The molecule has 0 spiro atoms. The van der Waals surface area contributed by atoms with Crippen molar-refractivity contribution in [2.24, 2.45) is 0 Å². The van der Waals surface area contributed by atoms with Crippen molar-refractivity contribution < 1.29 is 0 Å². The van der Waals surface area contributed by atoms with E-state index in [9.17, 15) is 0 Å². The fourth-order valence-electron chi connectivity index (χ4n) is 1.63. The van der Waals surface area contributed by atoms with Gasteiger partial charge >= 0.3 is 0 Å². The number of benzene rings is 1. The highest BCUT2D eigenvalue weighted by Crippen LogP contribution is 2.26. The third-order valence-electron chi connectivity index (χ3n) is 2.30. The van der Waals surface area contributed by atoms with Gasteiger partial charge in [0, 0.05) is 17.6 Å². The summed E-state index contributed by atoms with van der Waals surface area (Å²) in [5, 5.41) is 12.1. The van der Waals surface area contributed by atoms with E-state index in [0.29, 0.717) is 0 Å². The number of rotatable bonds is 0. The lowest BCUT2D eigenvalue weighted by atomic mass is 9.92. The van der Waals surface area contributed by atoms with Crippen molar-refractivity contribution in [2.75, 3.05) is 6.54 Å². The molecule has 2 nitrogen and oxygen atoms in total. The minimum Gasteiger partial charge on any atom is -0.311 e.